The molecule has 0 aliphatic carbocycles. The van der Waals surface area contributed by atoms with Crippen molar-refractivity contribution in [1.82, 2.24) is 24.7 Å². The van der Waals surface area contributed by atoms with Crippen LogP contribution in [0.1, 0.15) is 25.5 Å². The van der Waals surface area contributed by atoms with Gasteiger partial charge in [-0.3, -0.25) is 0 Å². The van der Waals surface area contributed by atoms with Gasteiger partial charge in [0.15, 0.2) is 0 Å². The first-order valence-corrected chi connectivity index (χ1v) is 9.49. The fourth-order valence-electron chi connectivity index (χ4n) is 3.57. The second-order valence-electron chi connectivity index (χ2n) is 6.84. The molecule has 1 N–H and O–H groups in total. The van der Waals surface area contributed by atoms with Gasteiger partial charge in [-0.05, 0) is 51.1 Å². The van der Waals surface area contributed by atoms with Crippen molar-refractivity contribution in [3.8, 4) is 11.3 Å². The molecular formula is C19H23ClN6. The molecule has 7 heteroatoms. The standard InChI is InChI=1S/C19H23ClN6/c1-3-25-10-4-5-16(12-25)21-19-23-22-18(14-6-8-15(20)9-7-14)17-11-13(2)24-26(17)19/h6-9,11,16H,3-5,10,12H2,1-2H3,(H,21,23)/t16-/m1/s1. The summed E-state index contributed by atoms with van der Waals surface area (Å²) in [5, 5.41) is 17.8. The topological polar surface area (TPSA) is 58.3 Å². The van der Waals surface area contributed by atoms with E-state index >= 15 is 0 Å². The zero-order chi connectivity index (χ0) is 18.1. The van der Waals surface area contributed by atoms with Crippen molar-refractivity contribution in [1.29, 1.82) is 0 Å². The first kappa shape index (κ1) is 17.2. The average Bonchev–Trinajstić information content (AvgIpc) is 3.05. The van der Waals surface area contributed by atoms with Gasteiger partial charge in [-0.2, -0.15) is 9.61 Å². The smallest absolute Gasteiger partial charge is 0.244 e. The normalized spacial score (nSPS) is 18.3. The van der Waals surface area contributed by atoms with Crippen molar-refractivity contribution in [3.63, 3.8) is 0 Å². The predicted octanol–water partition coefficient (Wildman–Crippen LogP) is 3.65. The van der Waals surface area contributed by atoms with Gasteiger partial charge in [-0.15, -0.1) is 10.2 Å². The first-order valence-electron chi connectivity index (χ1n) is 9.12. The lowest BCUT2D eigenvalue weighted by atomic mass is 10.1. The minimum atomic E-state index is 0.368. The number of likely N-dealkylation sites (N-methyl/N-ethyl adjacent to an activating group) is 1. The van der Waals surface area contributed by atoms with E-state index in [2.05, 4.69) is 32.4 Å². The van der Waals surface area contributed by atoms with Crippen LogP contribution < -0.4 is 5.32 Å². The summed E-state index contributed by atoms with van der Waals surface area (Å²) in [7, 11) is 0. The Morgan fingerprint density at radius 2 is 2.04 bits per heavy atom. The maximum Gasteiger partial charge on any atom is 0.244 e. The molecule has 0 spiro atoms. The molecule has 4 rings (SSSR count). The summed E-state index contributed by atoms with van der Waals surface area (Å²) in [5.41, 5.74) is 3.68. The SMILES string of the molecule is CCN1CCC[C@@H](Nc2nnc(-c3ccc(Cl)cc3)c3cc(C)nn23)C1. The number of anilines is 1. The van der Waals surface area contributed by atoms with E-state index in [0.29, 0.717) is 17.0 Å². The molecule has 136 valence electrons. The molecule has 0 bridgehead atoms. The van der Waals surface area contributed by atoms with Gasteiger partial charge in [-0.1, -0.05) is 30.7 Å². The number of fused-ring (bicyclic) bond motifs is 1. The molecule has 0 amide bonds. The highest BCUT2D eigenvalue weighted by Gasteiger charge is 2.21. The molecule has 3 aromatic rings. The first-order chi connectivity index (χ1) is 12.6. The average molecular weight is 371 g/mol. The number of likely N-dealkylation sites (tertiary alicyclic amines) is 1. The summed E-state index contributed by atoms with van der Waals surface area (Å²) in [6, 6.07) is 10.1. The molecule has 0 saturated carbocycles. The Bertz CT molecular complexity index is 904. The number of hydrogen-bond donors (Lipinski definition) is 1. The number of aromatic nitrogens is 4. The van der Waals surface area contributed by atoms with E-state index in [0.717, 1.165) is 42.0 Å². The molecule has 1 aromatic carbocycles. The Kier molecular flexibility index (Phi) is 4.78. The highest BCUT2D eigenvalue weighted by atomic mass is 35.5. The molecule has 26 heavy (non-hydrogen) atoms. The Balaban J connectivity index is 1.69. The van der Waals surface area contributed by atoms with E-state index in [1.807, 2.05) is 41.8 Å². The number of rotatable bonds is 4. The molecule has 6 nitrogen and oxygen atoms in total. The molecule has 1 saturated heterocycles. The van der Waals surface area contributed by atoms with Gasteiger partial charge in [0, 0.05) is 23.2 Å². The third kappa shape index (κ3) is 3.39. The predicted molar refractivity (Wildman–Crippen MR) is 105 cm³/mol. The van der Waals surface area contributed by atoms with Crippen molar-refractivity contribution in [3.05, 3.63) is 41.0 Å². The Labute approximate surface area is 158 Å². The minimum absolute atomic E-state index is 0.368. The summed E-state index contributed by atoms with van der Waals surface area (Å²) < 4.78 is 1.87. The van der Waals surface area contributed by atoms with E-state index in [4.69, 9.17) is 11.6 Å². The number of piperidine rings is 1. The number of aryl methyl sites for hydroxylation is 1. The summed E-state index contributed by atoms with van der Waals surface area (Å²) in [4.78, 5) is 2.46. The lowest BCUT2D eigenvalue weighted by Crippen LogP contribution is -2.42. The second kappa shape index (κ2) is 7.21. The summed E-state index contributed by atoms with van der Waals surface area (Å²) >= 11 is 6.01. The second-order valence-corrected chi connectivity index (χ2v) is 7.28. The van der Waals surface area contributed by atoms with Crippen molar-refractivity contribution in [2.75, 3.05) is 25.0 Å². The monoisotopic (exact) mass is 370 g/mol. The summed E-state index contributed by atoms with van der Waals surface area (Å²) in [6.07, 6.45) is 2.34. The largest absolute Gasteiger partial charge is 0.349 e. The quantitative estimate of drug-likeness (QED) is 0.759. The van der Waals surface area contributed by atoms with Crippen LogP contribution >= 0.6 is 11.6 Å². The molecule has 3 heterocycles. The molecular weight excluding hydrogens is 348 g/mol. The summed E-state index contributed by atoms with van der Waals surface area (Å²) in [5.74, 6) is 0.703. The minimum Gasteiger partial charge on any atom is -0.349 e. The van der Waals surface area contributed by atoms with Crippen molar-refractivity contribution in [2.45, 2.75) is 32.7 Å². The third-order valence-corrected chi connectivity index (χ3v) is 5.18. The van der Waals surface area contributed by atoms with Crippen LogP contribution in [0.25, 0.3) is 16.8 Å². The summed E-state index contributed by atoms with van der Waals surface area (Å²) in [6.45, 7) is 7.47. The van der Waals surface area contributed by atoms with Crippen LogP contribution in [-0.4, -0.2) is 50.4 Å². The van der Waals surface area contributed by atoms with E-state index in [1.54, 1.807) is 0 Å². The highest BCUT2D eigenvalue weighted by molar-refractivity contribution is 6.30. The maximum absolute atomic E-state index is 6.01. The van der Waals surface area contributed by atoms with Crippen LogP contribution in [0.15, 0.2) is 30.3 Å². The Hall–Kier alpha value is -2.18. The van der Waals surface area contributed by atoms with Gasteiger partial charge in [0.05, 0.1) is 11.2 Å². The van der Waals surface area contributed by atoms with Crippen LogP contribution in [0.3, 0.4) is 0 Å². The van der Waals surface area contributed by atoms with Crippen LogP contribution in [0.5, 0.6) is 0 Å². The Morgan fingerprint density at radius 1 is 1.23 bits per heavy atom. The fraction of sp³-hybridized carbons (Fsp3) is 0.421. The molecule has 1 fully saturated rings. The van der Waals surface area contributed by atoms with Gasteiger partial charge in [-0.25, -0.2) is 0 Å². The Morgan fingerprint density at radius 3 is 2.81 bits per heavy atom. The van der Waals surface area contributed by atoms with Crippen molar-refractivity contribution < 1.29 is 0 Å². The van der Waals surface area contributed by atoms with Crippen molar-refractivity contribution >= 4 is 23.1 Å². The van der Waals surface area contributed by atoms with E-state index in [-0.39, 0.29) is 0 Å². The maximum atomic E-state index is 6.01. The number of nitrogens with one attached hydrogen (secondary N) is 1. The molecule has 1 aliphatic heterocycles. The molecule has 1 atom stereocenters. The van der Waals surface area contributed by atoms with Crippen molar-refractivity contribution in [2.24, 2.45) is 0 Å². The van der Waals surface area contributed by atoms with E-state index in [9.17, 15) is 0 Å². The van der Waals surface area contributed by atoms with Gasteiger partial charge in [0.2, 0.25) is 5.95 Å². The molecule has 2 aromatic heterocycles. The number of hydrogen-bond acceptors (Lipinski definition) is 5. The number of benzene rings is 1. The fourth-order valence-corrected chi connectivity index (χ4v) is 3.69. The lowest BCUT2D eigenvalue weighted by molar-refractivity contribution is 0.226. The highest BCUT2D eigenvalue weighted by Crippen LogP contribution is 2.26. The zero-order valence-electron chi connectivity index (χ0n) is 15.1. The van der Waals surface area contributed by atoms with Crippen LogP contribution in [0, 0.1) is 6.92 Å². The zero-order valence-corrected chi connectivity index (χ0v) is 15.9. The van der Waals surface area contributed by atoms with E-state index in [1.165, 1.54) is 13.0 Å². The molecule has 1 aliphatic rings. The van der Waals surface area contributed by atoms with Gasteiger partial charge < -0.3 is 10.2 Å². The molecule has 0 radical (unpaired) electrons. The molecule has 0 unspecified atom stereocenters. The van der Waals surface area contributed by atoms with Crippen LogP contribution in [-0.2, 0) is 0 Å². The number of halogens is 1. The number of nitrogens with zero attached hydrogens (tertiary/aromatic N) is 5. The van der Waals surface area contributed by atoms with E-state index < -0.39 is 0 Å². The van der Waals surface area contributed by atoms with Gasteiger partial charge >= 0.3 is 0 Å². The van der Waals surface area contributed by atoms with Crippen LogP contribution in [0.2, 0.25) is 5.02 Å². The van der Waals surface area contributed by atoms with Gasteiger partial charge in [0.25, 0.3) is 0 Å². The van der Waals surface area contributed by atoms with Gasteiger partial charge in [0.1, 0.15) is 5.69 Å². The lowest BCUT2D eigenvalue weighted by Gasteiger charge is -2.32. The third-order valence-electron chi connectivity index (χ3n) is 4.92. The van der Waals surface area contributed by atoms with Crippen LogP contribution in [0.4, 0.5) is 5.95 Å².